The van der Waals surface area contributed by atoms with Crippen molar-refractivity contribution < 1.29 is 13.6 Å². The smallest absolute Gasteiger partial charge is 0.263 e. The van der Waals surface area contributed by atoms with Crippen LogP contribution in [0.5, 0.6) is 0 Å². The van der Waals surface area contributed by atoms with Gasteiger partial charge in [-0.25, -0.2) is 0 Å². The molecule has 0 amide bonds. The van der Waals surface area contributed by atoms with Crippen molar-refractivity contribution >= 4 is 28.5 Å². The SMILES string of the molecule is O=C(c1ccc(-c2cccs2)o1)c1ccc(-c2cccs2)o1. The number of thiophene rings is 2. The van der Waals surface area contributed by atoms with Crippen molar-refractivity contribution in [3.63, 3.8) is 0 Å². The van der Waals surface area contributed by atoms with Crippen LogP contribution < -0.4 is 0 Å². The lowest BCUT2D eigenvalue weighted by atomic mass is 10.2. The fourth-order valence-corrected chi connectivity index (χ4v) is 3.52. The Morgan fingerprint density at radius 1 is 0.727 bits per heavy atom. The van der Waals surface area contributed by atoms with E-state index in [9.17, 15) is 4.79 Å². The quantitative estimate of drug-likeness (QED) is 0.461. The topological polar surface area (TPSA) is 43.4 Å². The van der Waals surface area contributed by atoms with E-state index in [2.05, 4.69) is 0 Å². The summed E-state index contributed by atoms with van der Waals surface area (Å²) in [7, 11) is 0. The molecule has 0 fully saturated rings. The van der Waals surface area contributed by atoms with Gasteiger partial charge in [-0.15, -0.1) is 22.7 Å². The third kappa shape index (κ3) is 2.34. The Kier molecular flexibility index (Phi) is 3.29. The van der Waals surface area contributed by atoms with Crippen LogP contribution >= 0.6 is 22.7 Å². The molecule has 3 nitrogen and oxygen atoms in total. The Morgan fingerprint density at radius 2 is 1.23 bits per heavy atom. The van der Waals surface area contributed by atoms with Gasteiger partial charge in [-0.05, 0) is 47.2 Å². The van der Waals surface area contributed by atoms with Crippen molar-refractivity contribution in [3.05, 3.63) is 70.8 Å². The average molecular weight is 326 g/mol. The van der Waals surface area contributed by atoms with Gasteiger partial charge in [-0.3, -0.25) is 4.79 Å². The molecule has 108 valence electrons. The molecular weight excluding hydrogens is 316 g/mol. The van der Waals surface area contributed by atoms with Crippen molar-refractivity contribution in [3.8, 4) is 21.3 Å². The predicted octanol–water partition coefficient (Wildman–Crippen LogP) is 5.56. The van der Waals surface area contributed by atoms with Gasteiger partial charge < -0.3 is 8.83 Å². The molecule has 0 aliphatic heterocycles. The van der Waals surface area contributed by atoms with E-state index in [1.807, 2.05) is 47.2 Å². The van der Waals surface area contributed by atoms with Crippen LogP contribution in [0.1, 0.15) is 16.3 Å². The predicted molar refractivity (Wildman–Crippen MR) is 87.5 cm³/mol. The van der Waals surface area contributed by atoms with Crippen molar-refractivity contribution in [2.45, 2.75) is 0 Å². The summed E-state index contributed by atoms with van der Waals surface area (Å²) >= 11 is 3.14. The third-order valence-corrected chi connectivity index (χ3v) is 4.96. The summed E-state index contributed by atoms with van der Waals surface area (Å²) in [6.45, 7) is 0. The highest BCUT2D eigenvalue weighted by Crippen LogP contribution is 2.30. The number of ketones is 1. The van der Waals surface area contributed by atoms with Crippen LogP contribution in [0.3, 0.4) is 0 Å². The van der Waals surface area contributed by atoms with Gasteiger partial charge in [0.1, 0.15) is 11.5 Å². The van der Waals surface area contributed by atoms with Gasteiger partial charge in [-0.2, -0.15) is 0 Å². The normalized spacial score (nSPS) is 10.9. The molecule has 0 saturated heterocycles. The first-order valence-electron chi connectivity index (χ1n) is 6.63. The number of carbonyl (C=O) groups is 1. The summed E-state index contributed by atoms with van der Waals surface area (Å²) in [5.74, 6) is 1.73. The number of furan rings is 2. The lowest BCUT2D eigenvalue weighted by molar-refractivity contribution is 0.0985. The first-order valence-corrected chi connectivity index (χ1v) is 8.39. The van der Waals surface area contributed by atoms with Gasteiger partial charge in [-0.1, -0.05) is 12.1 Å². The van der Waals surface area contributed by atoms with Gasteiger partial charge in [0.2, 0.25) is 0 Å². The van der Waals surface area contributed by atoms with E-state index in [-0.39, 0.29) is 17.3 Å². The zero-order valence-corrected chi connectivity index (χ0v) is 12.9. The molecule has 4 aromatic rings. The molecule has 0 spiro atoms. The minimum Gasteiger partial charge on any atom is -0.452 e. The maximum absolute atomic E-state index is 12.4. The molecule has 0 N–H and O–H groups in total. The van der Waals surface area contributed by atoms with Crippen LogP contribution in [-0.2, 0) is 0 Å². The summed E-state index contributed by atoms with van der Waals surface area (Å²) in [6.07, 6.45) is 0. The van der Waals surface area contributed by atoms with E-state index in [0.717, 1.165) is 9.75 Å². The monoisotopic (exact) mass is 326 g/mol. The van der Waals surface area contributed by atoms with E-state index < -0.39 is 0 Å². The minimum atomic E-state index is -0.245. The fraction of sp³-hybridized carbons (Fsp3) is 0. The number of carbonyl (C=O) groups excluding carboxylic acids is 1. The molecule has 0 radical (unpaired) electrons. The molecule has 0 aliphatic rings. The van der Waals surface area contributed by atoms with Crippen LogP contribution in [-0.4, -0.2) is 5.78 Å². The fourth-order valence-electron chi connectivity index (χ4n) is 2.14. The second-order valence-corrected chi connectivity index (χ2v) is 6.51. The van der Waals surface area contributed by atoms with Gasteiger partial charge in [0.25, 0.3) is 5.78 Å². The lowest BCUT2D eigenvalue weighted by Gasteiger charge is -1.94. The summed E-state index contributed by atoms with van der Waals surface area (Å²) in [5, 5.41) is 3.94. The second-order valence-electron chi connectivity index (χ2n) is 4.61. The molecule has 22 heavy (non-hydrogen) atoms. The number of hydrogen-bond donors (Lipinski definition) is 0. The lowest BCUT2D eigenvalue weighted by Crippen LogP contribution is -1.96. The Balaban J connectivity index is 1.62. The van der Waals surface area contributed by atoms with Gasteiger partial charge in [0.15, 0.2) is 11.5 Å². The van der Waals surface area contributed by atoms with Crippen LogP contribution in [0.25, 0.3) is 21.3 Å². The average Bonchev–Trinajstić information content (AvgIpc) is 3.35. The van der Waals surface area contributed by atoms with Crippen molar-refractivity contribution in [1.82, 2.24) is 0 Å². The molecule has 0 bridgehead atoms. The van der Waals surface area contributed by atoms with E-state index >= 15 is 0 Å². The summed E-state index contributed by atoms with van der Waals surface area (Å²) in [4.78, 5) is 14.4. The highest BCUT2D eigenvalue weighted by Gasteiger charge is 2.19. The van der Waals surface area contributed by atoms with Gasteiger partial charge >= 0.3 is 0 Å². The van der Waals surface area contributed by atoms with Crippen LogP contribution in [0.2, 0.25) is 0 Å². The highest BCUT2D eigenvalue weighted by atomic mass is 32.1. The number of rotatable bonds is 4. The maximum Gasteiger partial charge on any atom is 0.263 e. The third-order valence-electron chi connectivity index (χ3n) is 3.19. The zero-order chi connectivity index (χ0) is 14.9. The first-order chi connectivity index (χ1) is 10.8. The molecule has 5 heteroatoms. The first kappa shape index (κ1) is 13.3. The van der Waals surface area contributed by atoms with E-state index in [0.29, 0.717) is 11.5 Å². The van der Waals surface area contributed by atoms with Crippen molar-refractivity contribution in [2.75, 3.05) is 0 Å². The van der Waals surface area contributed by atoms with Crippen LogP contribution in [0.15, 0.2) is 68.1 Å². The molecule has 0 aliphatic carbocycles. The Morgan fingerprint density at radius 3 is 1.64 bits per heavy atom. The summed E-state index contributed by atoms with van der Waals surface area (Å²) < 4.78 is 11.3. The standard InChI is InChI=1S/C17H10O3S2/c18-17(13-7-5-11(19-13)15-3-1-9-21-15)14-8-6-12(20-14)16-4-2-10-22-16/h1-10H. The van der Waals surface area contributed by atoms with Gasteiger partial charge in [0.05, 0.1) is 9.75 Å². The van der Waals surface area contributed by atoms with Crippen LogP contribution in [0.4, 0.5) is 0 Å². The highest BCUT2D eigenvalue weighted by molar-refractivity contribution is 7.13. The summed E-state index contributed by atoms with van der Waals surface area (Å²) in [6, 6.07) is 14.8. The van der Waals surface area contributed by atoms with Crippen molar-refractivity contribution in [2.24, 2.45) is 0 Å². The molecule has 4 aromatic heterocycles. The van der Waals surface area contributed by atoms with Crippen molar-refractivity contribution in [1.29, 1.82) is 0 Å². The molecule has 0 aromatic carbocycles. The Bertz CT molecular complexity index is 821. The molecule has 4 heterocycles. The molecule has 0 saturated carbocycles. The van der Waals surface area contributed by atoms with Gasteiger partial charge in [0, 0.05) is 0 Å². The molecule has 0 atom stereocenters. The molecule has 4 rings (SSSR count). The largest absolute Gasteiger partial charge is 0.452 e. The second kappa shape index (κ2) is 5.44. The zero-order valence-electron chi connectivity index (χ0n) is 11.3. The maximum atomic E-state index is 12.4. The van der Waals surface area contributed by atoms with Crippen LogP contribution in [0, 0.1) is 0 Å². The minimum absolute atomic E-state index is 0.245. The Labute approximate surface area is 134 Å². The van der Waals surface area contributed by atoms with E-state index in [1.54, 1.807) is 34.8 Å². The Hall–Kier alpha value is -2.37. The van der Waals surface area contributed by atoms with E-state index in [4.69, 9.17) is 8.83 Å². The molecule has 0 unspecified atom stereocenters. The number of hydrogen-bond acceptors (Lipinski definition) is 5. The van der Waals surface area contributed by atoms with E-state index in [1.165, 1.54) is 0 Å². The summed E-state index contributed by atoms with van der Waals surface area (Å²) in [5.41, 5.74) is 0. The molecular formula is C17H10O3S2.